The Balaban J connectivity index is 1.82. The number of Topliss-reactive ketones (excluding diaryl/α,β-unsaturated/α-hetero) is 1. The molecule has 1 aliphatic heterocycles. The molecular formula is C36H60N6O8S2. The normalized spacial score (nSPS) is 21.5. The molecule has 2 fully saturated rings. The largest absolute Gasteiger partial charge is 0.383 e. The Kier molecular flexibility index (Phi) is 14.1. The van der Waals surface area contributed by atoms with Crippen LogP contribution >= 0.6 is 11.3 Å². The summed E-state index contributed by atoms with van der Waals surface area (Å²) in [6.07, 6.45) is 1.61. The van der Waals surface area contributed by atoms with E-state index in [4.69, 9.17) is 4.74 Å². The Morgan fingerprint density at radius 2 is 1.71 bits per heavy atom. The molecule has 294 valence electrons. The molecule has 4 N–H and O–H groups in total. The van der Waals surface area contributed by atoms with E-state index in [1.165, 1.54) is 29.4 Å². The zero-order chi connectivity index (χ0) is 39.4. The third kappa shape index (κ3) is 10.1. The van der Waals surface area contributed by atoms with Gasteiger partial charge in [0.15, 0.2) is 0 Å². The van der Waals surface area contributed by atoms with Crippen molar-refractivity contribution in [3.8, 4) is 0 Å². The molecule has 16 heteroatoms. The third-order valence-corrected chi connectivity index (χ3v) is 13.6. The maximum Gasteiger partial charge on any atom is 0.315 e. The molecule has 6 atom stereocenters. The smallest absolute Gasteiger partial charge is 0.315 e. The van der Waals surface area contributed by atoms with Crippen LogP contribution in [0.2, 0.25) is 0 Å². The van der Waals surface area contributed by atoms with Crippen LogP contribution in [0.3, 0.4) is 0 Å². The molecule has 2 heterocycles. The van der Waals surface area contributed by atoms with Crippen molar-refractivity contribution in [1.82, 2.24) is 30.5 Å². The lowest BCUT2D eigenvalue weighted by Crippen LogP contribution is -2.62. The van der Waals surface area contributed by atoms with Gasteiger partial charge in [0, 0.05) is 39.8 Å². The Bertz CT molecular complexity index is 1550. The molecule has 1 aromatic heterocycles. The summed E-state index contributed by atoms with van der Waals surface area (Å²) >= 11 is 1.11. The molecule has 14 nitrogen and oxygen atoms in total. The standard InChI is InChI=1S/C36H60N6O8S2/c1-12-13-15-23(28(43)31(45)37-17-18-50-11)38-30(44)27-26-22(36(26,8)9)20-42(27)32(46)29(35(5,6)7)40-33(47)39-24(34(2,3)4)21-41(10)52(48,49)25-16-14-19-51-25/h14,16,19,22-24,26-27,29H,12-13,15,17-18,20-21H2,1-11H3,(H,37,45)(H,38,44)(H2,39,40,47)/t22-,23?,24+,26-,27-,29+/m0/s1. The predicted molar refractivity (Wildman–Crippen MR) is 200 cm³/mol. The molecule has 1 aromatic rings. The Labute approximate surface area is 313 Å². The number of rotatable bonds is 17. The molecule has 1 aliphatic carbocycles. The van der Waals surface area contributed by atoms with Crippen LogP contribution in [-0.2, 0) is 33.9 Å². The minimum absolute atomic E-state index is 0.0135. The van der Waals surface area contributed by atoms with Crippen LogP contribution in [0.4, 0.5) is 4.79 Å². The number of urea groups is 1. The van der Waals surface area contributed by atoms with Crippen LogP contribution < -0.4 is 21.3 Å². The summed E-state index contributed by atoms with van der Waals surface area (Å²) in [4.78, 5) is 69.6. The van der Waals surface area contributed by atoms with Gasteiger partial charge in [-0.25, -0.2) is 13.2 Å². The maximum atomic E-state index is 14.5. The molecule has 0 bridgehead atoms. The number of amides is 5. The van der Waals surface area contributed by atoms with Gasteiger partial charge >= 0.3 is 6.03 Å². The number of hydrogen-bond acceptors (Lipinski definition) is 9. The van der Waals surface area contributed by atoms with Crippen molar-refractivity contribution in [3.05, 3.63) is 17.5 Å². The molecule has 1 saturated heterocycles. The molecule has 1 saturated carbocycles. The Morgan fingerprint density at radius 3 is 2.25 bits per heavy atom. The van der Waals surface area contributed by atoms with Gasteiger partial charge < -0.3 is 30.9 Å². The number of nitrogens with one attached hydrogen (secondary N) is 4. The first-order valence-corrected chi connectivity index (χ1v) is 20.3. The third-order valence-electron chi connectivity index (χ3n) is 10.4. The van der Waals surface area contributed by atoms with Crippen LogP contribution in [0.5, 0.6) is 0 Å². The quantitative estimate of drug-likeness (QED) is 0.138. The summed E-state index contributed by atoms with van der Waals surface area (Å²) in [6, 6.07) is -1.11. The molecule has 3 rings (SSSR count). The fourth-order valence-electron chi connectivity index (χ4n) is 6.86. The van der Waals surface area contributed by atoms with Crippen LogP contribution in [0.15, 0.2) is 21.7 Å². The number of likely N-dealkylation sites (tertiary alicyclic amines) is 1. The van der Waals surface area contributed by atoms with E-state index in [0.717, 1.165) is 17.8 Å². The average Bonchev–Trinajstić information content (AvgIpc) is 3.50. The van der Waals surface area contributed by atoms with Crippen LogP contribution in [0.1, 0.15) is 81.6 Å². The van der Waals surface area contributed by atoms with E-state index < -0.39 is 74.6 Å². The number of ether oxygens (including phenoxy) is 1. The number of unbranched alkanes of at least 4 members (excludes halogenated alkanes) is 1. The highest BCUT2D eigenvalue weighted by atomic mass is 32.2. The van der Waals surface area contributed by atoms with Gasteiger partial charge in [-0.05, 0) is 45.9 Å². The van der Waals surface area contributed by atoms with Gasteiger partial charge in [0.05, 0.1) is 12.6 Å². The SMILES string of the molecule is CCCCC(NC(=O)[C@@H]1[C@@H]2[C@H](CN1C(=O)[C@@H](NC(=O)N[C@H](CN(C)S(=O)(=O)c1cccs1)C(C)(C)C)C(C)(C)C)C2(C)C)C(=O)C(=O)NCCOC. The van der Waals surface area contributed by atoms with E-state index in [1.807, 2.05) is 62.3 Å². The number of likely N-dealkylation sites (N-methyl/N-ethyl adjacent to an activating group) is 1. The molecular weight excluding hydrogens is 709 g/mol. The molecule has 0 spiro atoms. The van der Waals surface area contributed by atoms with Crippen LogP contribution in [-0.4, -0.2) is 112 Å². The number of carbonyl (C=O) groups is 5. The lowest BCUT2D eigenvalue weighted by molar-refractivity contribution is -0.145. The summed E-state index contributed by atoms with van der Waals surface area (Å²) in [5.74, 6) is -2.65. The number of piperidine rings is 1. The second kappa shape index (κ2) is 16.9. The average molecular weight is 769 g/mol. The first kappa shape index (κ1) is 43.3. The number of carbonyl (C=O) groups excluding carboxylic acids is 5. The van der Waals surface area contributed by atoms with Crippen molar-refractivity contribution in [2.75, 3.05) is 40.4 Å². The zero-order valence-electron chi connectivity index (χ0n) is 32.6. The summed E-state index contributed by atoms with van der Waals surface area (Å²) in [6.45, 7) is 17.8. The van der Waals surface area contributed by atoms with Gasteiger partial charge in [0.2, 0.25) is 17.6 Å². The summed E-state index contributed by atoms with van der Waals surface area (Å²) in [5.41, 5.74) is -1.57. The molecule has 5 amide bonds. The van der Waals surface area contributed by atoms with Gasteiger partial charge in [0.25, 0.3) is 15.9 Å². The highest BCUT2D eigenvalue weighted by Gasteiger charge is 2.70. The molecule has 1 unspecified atom stereocenters. The number of nitrogens with zero attached hydrogens (tertiary/aromatic N) is 2. The minimum atomic E-state index is -3.78. The van der Waals surface area contributed by atoms with Gasteiger partial charge in [-0.1, -0.05) is 81.2 Å². The molecule has 2 aliphatic rings. The number of sulfonamides is 1. The molecule has 0 radical (unpaired) electrons. The van der Waals surface area contributed by atoms with E-state index in [0.29, 0.717) is 13.0 Å². The number of hydrogen-bond donors (Lipinski definition) is 4. The second-order valence-corrected chi connectivity index (χ2v) is 20.0. The van der Waals surface area contributed by atoms with Gasteiger partial charge in [-0.2, -0.15) is 4.31 Å². The summed E-state index contributed by atoms with van der Waals surface area (Å²) in [7, 11) is -0.830. The van der Waals surface area contributed by atoms with Crippen LogP contribution in [0.25, 0.3) is 0 Å². The molecule has 0 aromatic carbocycles. The van der Waals surface area contributed by atoms with Gasteiger partial charge in [-0.3, -0.25) is 19.2 Å². The Morgan fingerprint density at radius 1 is 1.06 bits per heavy atom. The topological polar surface area (TPSA) is 183 Å². The second-order valence-electron chi connectivity index (χ2n) is 16.8. The van der Waals surface area contributed by atoms with E-state index in [1.54, 1.807) is 11.4 Å². The van der Waals surface area contributed by atoms with Gasteiger partial charge in [-0.15, -0.1) is 11.3 Å². The lowest BCUT2D eigenvalue weighted by Gasteiger charge is -2.39. The number of thiophene rings is 1. The fraction of sp³-hybridized carbons (Fsp3) is 0.750. The van der Waals surface area contributed by atoms with Crippen molar-refractivity contribution in [1.29, 1.82) is 0 Å². The van der Waals surface area contributed by atoms with E-state index in [9.17, 15) is 32.4 Å². The highest BCUT2D eigenvalue weighted by Crippen LogP contribution is 2.65. The van der Waals surface area contributed by atoms with Crippen molar-refractivity contribution >= 4 is 50.9 Å². The number of methoxy groups -OCH3 is 1. The highest BCUT2D eigenvalue weighted by molar-refractivity contribution is 7.91. The summed E-state index contributed by atoms with van der Waals surface area (Å²) in [5, 5.41) is 12.8. The van der Waals surface area contributed by atoms with Crippen molar-refractivity contribution in [3.63, 3.8) is 0 Å². The van der Waals surface area contributed by atoms with Crippen molar-refractivity contribution in [2.24, 2.45) is 28.1 Å². The fourth-order valence-corrected chi connectivity index (χ4v) is 9.25. The molecule has 52 heavy (non-hydrogen) atoms. The Hall–Kier alpha value is -3.08. The first-order chi connectivity index (χ1) is 24.0. The van der Waals surface area contributed by atoms with Crippen LogP contribution in [0, 0.1) is 28.1 Å². The predicted octanol–water partition coefficient (Wildman–Crippen LogP) is 2.99. The van der Waals surface area contributed by atoms with Crippen molar-refractivity contribution < 1.29 is 37.1 Å². The van der Waals surface area contributed by atoms with E-state index >= 15 is 0 Å². The van der Waals surface area contributed by atoms with E-state index in [2.05, 4.69) is 21.3 Å². The number of ketones is 1. The van der Waals surface area contributed by atoms with Crippen molar-refractivity contribution in [2.45, 2.75) is 110 Å². The number of fused-ring (bicyclic) bond motifs is 1. The monoisotopic (exact) mass is 768 g/mol. The first-order valence-electron chi connectivity index (χ1n) is 18.0. The lowest BCUT2D eigenvalue weighted by atomic mass is 9.85. The minimum Gasteiger partial charge on any atom is -0.383 e. The van der Waals surface area contributed by atoms with Gasteiger partial charge in [0.1, 0.15) is 16.3 Å². The zero-order valence-corrected chi connectivity index (χ0v) is 34.3. The maximum absolute atomic E-state index is 14.5. The summed E-state index contributed by atoms with van der Waals surface area (Å²) < 4.78 is 32.7. The van der Waals surface area contributed by atoms with E-state index in [-0.39, 0.29) is 47.6 Å².